The number of hydrogen-bond donors (Lipinski definition) is 1. The van der Waals surface area contributed by atoms with Gasteiger partial charge >= 0.3 is 5.97 Å². The normalized spacial score (nSPS) is 16.5. The van der Waals surface area contributed by atoms with E-state index in [9.17, 15) is 9.59 Å². The third-order valence-corrected chi connectivity index (χ3v) is 7.03. The Balaban J connectivity index is 1.59. The number of carbonyl (C=O) groups excluding carboxylic acids is 2. The molecule has 0 radical (unpaired) electrons. The van der Waals surface area contributed by atoms with Gasteiger partial charge in [-0.15, -0.1) is 11.3 Å². The number of amides is 1. The number of thiophene rings is 1. The van der Waals surface area contributed by atoms with Crippen LogP contribution in [0.4, 0.5) is 0 Å². The second-order valence-electron chi connectivity index (χ2n) is 7.88. The van der Waals surface area contributed by atoms with Gasteiger partial charge < -0.3 is 14.6 Å². The predicted molar refractivity (Wildman–Crippen MR) is 128 cm³/mol. The maximum absolute atomic E-state index is 12.5. The van der Waals surface area contributed by atoms with Crippen LogP contribution in [0, 0.1) is 4.77 Å². The van der Waals surface area contributed by atoms with Crippen LogP contribution in [0.1, 0.15) is 22.7 Å². The van der Waals surface area contributed by atoms with Gasteiger partial charge in [0, 0.05) is 30.9 Å². The van der Waals surface area contributed by atoms with Crippen LogP contribution in [0.5, 0.6) is 0 Å². The van der Waals surface area contributed by atoms with Crippen molar-refractivity contribution in [2.45, 2.75) is 38.5 Å². The first-order valence-corrected chi connectivity index (χ1v) is 12.2. The molecule has 10 heteroatoms. The molecule has 3 aromatic rings. The first kappa shape index (κ1) is 23.3. The van der Waals surface area contributed by atoms with E-state index in [1.54, 1.807) is 16.0 Å². The Bertz CT molecular complexity index is 1140. The third kappa shape index (κ3) is 5.76. The molecule has 3 heterocycles. The van der Waals surface area contributed by atoms with Gasteiger partial charge in [-0.05, 0) is 35.6 Å². The molecule has 1 fully saturated rings. The molecule has 1 atom stereocenters. The zero-order valence-corrected chi connectivity index (χ0v) is 20.1. The summed E-state index contributed by atoms with van der Waals surface area (Å²) in [4.78, 5) is 27.5. The Morgan fingerprint density at radius 1 is 1.27 bits per heavy atom. The van der Waals surface area contributed by atoms with Crippen molar-refractivity contribution in [2.75, 3.05) is 20.2 Å². The summed E-state index contributed by atoms with van der Waals surface area (Å²) in [6.07, 6.45) is 1.52. The second kappa shape index (κ2) is 10.9. The van der Waals surface area contributed by atoms with Crippen LogP contribution in [-0.2, 0) is 40.4 Å². The van der Waals surface area contributed by atoms with Gasteiger partial charge in [0.25, 0.3) is 0 Å². The minimum Gasteiger partial charge on any atom is -0.469 e. The van der Waals surface area contributed by atoms with Crippen LogP contribution < -0.4 is 5.32 Å². The average molecular weight is 486 g/mol. The van der Waals surface area contributed by atoms with Gasteiger partial charge in [0.2, 0.25) is 5.91 Å². The zero-order chi connectivity index (χ0) is 23.2. The lowest BCUT2D eigenvalue weighted by molar-refractivity contribution is -0.146. The molecule has 174 valence electrons. The van der Waals surface area contributed by atoms with Crippen LogP contribution in [-0.4, -0.2) is 57.4 Å². The molecular formula is C23H27N5O3S2. The number of rotatable bonds is 9. The van der Waals surface area contributed by atoms with Crippen molar-refractivity contribution in [3.05, 3.63) is 68.9 Å². The molecule has 0 spiro atoms. The quantitative estimate of drug-likeness (QED) is 0.371. The van der Waals surface area contributed by atoms with E-state index in [-0.39, 0.29) is 12.3 Å². The number of aromatic nitrogens is 3. The molecule has 2 aromatic heterocycles. The summed E-state index contributed by atoms with van der Waals surface area (Å²) >= 11 is 7.51. The van der Waals surface area contributed by atoms with E-state index in [4.69, 9.17) is 22.1 Å². The van der Waals surface area contributed by atoms with Crippen LogP contribution in [0.25, 0.3) is 0 Å². The Labute approximate surface area is 201 Å². The number of nitrogens with one attached hydrogen (secondary N) is 1. The number of ether oxygens (including phenoxy) is 1. The van der Waals surface area contributed by atoms with Crippen molar-refractivity contribution in [1.82, 2.24) is 24.6 Å². The molecule has 0 saturated carbocycles. The monoisotopic (exact) mass is 485 g/mol. The smallest absolute Gasteiger partial charge is 0.307 e. The molecule has 0 aliphatic carbocycles. The molecule has 1 amide bonds. The number of esters is 1. The number of piperazine rings is 1. The number of hydrogen-bond acceptors (Lipinski definition) is 7. The lowest BCUT2D eigenvalue weighted by Crippen LogP contribution is -2.56. The highest BCUT2D eigenvalue weighted by Gasteiger charge is 2.32. The van der Waals surface area contributed by atoms with Crippen LogP contribution in [0.3, 0.4) is 0 Å². The van der Waals surface area contributed by atoms with E-state index < -0.39 is 12.0 Å². The van der Waals surface area contributed by atoms with E-state index in [0.717, 1.165) is 18.8 Å². The molecule has 1 aliphatic rings. The van der Waals surface area contributed by atoms with Gasteiger partial charge in [0.15, 0.2) is 4.77 Å². The van der Waals surface area contributed by atoms with Gasteiger partial charge in [0.05, 0.1) is 20.2 Å². The maximum atomic E-state index is 12.5. The van der Waals surface area contributed by atoms with E-state index in [1.807, 2.05) is 29.2 Å². The lowest BCUT2D eigenvalue weighted by Gasteiger charge is -2.33. The second-order valence-corrected chi connectivity index (χ2v) is 9.28. The van der Waals surface area contributed by atoms with Gasteiger partial charge in [-0.2, -0.15) is 5.10 Å². The fraction of sp³-hybridized carbons (Fsp3) is 0.391. The molecule has 8 nitrogen and oxygen atoms in total. The van der Waals surface area contributed by atoms with Gasteiger partial charge in [0.1, 0.15) is 11.9 Å². The lowest BCUT2D eigenvalue weighted by atomic mass is 10.1. The summed E-state index contributed by atoms with van der Waals surface area (Å²) in [5.41, 5.74) is 1.24. The highest BCUT2D eigenvalue weighted by atomic mass is 32.1. The summed E-state index contributed by atoms with van der Waals surface area (Å²) in [6.45, 7) is 2.17. The predicted octanol–water partition coefficient (Wildman–Crippen LogP) is 2.63. The number of methoxy groups -OCH3 is 1. The summed E-state index contributed by atoms with van der Waals surface area (Å²) < 4.78 is 9.25. The van der Waals surface area contributed by atoms with E-state index in [0.29, 0.717) is 31.0 Å². The topological polar surface area (TPSA) is 81.4 Å². The minimum atomic E-state index is -0.608. The maximum Gasteiger partial charge on any atom is 0.307 e. The van der Waals surface area contributed by atoms with Crippen molar-refractivity contribution in [1.29, 1.82) is 0 Å². The fourth-order valence-corrected chi connectivity index (χ4v) is 4.95. The molecule has 33 heavy (non-hydrogen) atoms. The Morgan fingerprint density at radius 3 is 2.82 bits per heavy atom. The summed E-state index contributed by atoms with van der Waals surface area (Å²) in [7, 11) is 1.33. The molecule has 1 saturated heterocycles. The first-order chi connectivity index (χ1) is 16.0. The van der Waals surface area contributed by atoms with Gasteiger partial charge in [-0.1, -0.05) is 36.4 Å². The number of nitrogens with zero attached hydrogens (tertiary/aromatic N) is 4. The summed E-state index contributed by atoms with van der Waals surface area (Å²) in [5, 5.41) is 9.73. The van der Waals surface area contributed by atoms with Gasteiger partial charge in [-0.25, -0.2) is 4.68 Å². The van der Waals surface area contributed by atoms with Crippen molar-refractivity contribution >= 4 is 35.4 Å². The van der Waals surface area contributed by atoms with Crippen molar-refractivity contribution in [2.24, 2.45) is 0 Å². The van der Waals surface area contributed by atoms with E-state index in [2.05, 4.69) is 33.5 Å². The van der Waals surface area contributed by atoms with Crippen molar-refractivity contribution in [3.8, 4) is 0 Å². The van der Waals surface area contributed by atoms with Crippen molar-refractivity contribution in [3.63, 3.8) is 0 Å². The number of benzene rings is 1. The summed E-state index contributed by atoms with van der Waals surface area (Å²) in [5.74, 6) is 0.294. The molecule has 1 aliphatic heterocycles. The SMILES string of the molecule is COC(=O)C[C@H]1C(=O)NCCN1Cn1nc(Cc2cccs2)n(CCc2ccccc2)c1=S. The molecule has 1 N–H and O–H groups in total. The van der Waals surface area contributed by atoms with Crippen molar-refractivity contribution < 1.29 is 14.3 Å². The van der Waals surface area contributed by atoms with Crippen LogP contribution >= 0.6 is 23.6 Å². The van der Waals surface area contributed by atoms with E-state index >= 15 is 0 Å². The fourth-order valence-electron chi connectivity index (χ4n) is 3.95. The summed E-state index contributed by atoms with van der Waals surface area (Å²) in [6, 6.07) is 13.8. The zero-order valence-electron chi connectivity index (χ0n) is 18.5. The molecule has 4 rings (SSSR count). The van der Waals surface area contributed by atoms with Gasteiger partial charge in [-0.3, -0.25) is 14.5 Å². The molecule has 1 aromatic carbocycles. The van der Waals surface area contributed by atoms with Crippen LogP contribution in [0.2, 0.25) is 0 Å². The molecular weight excluding hydrogens is 458 g/mol. The van der Waals surface area contributed by atoms with Crippen LogP contribution in [0.15, 0.2) is 47.8 Å². The molecule has 0 bridgehead atoms. The molecule has 0 unspecified atom stereocenters. The third-order valence-electron chi connectivity index (χ3n) is 5.72. The Kier molecular flexibility index (Phi) is 7.69. The Morgan fingerprint density at radius 2 is 2.09 bits per heavy atom. The number of aryl methyl sites for hydroxylation is 1. The highest BCUT2D eigenvalue weighted by Crippen LogP contribution is 2.17. The largest absolute Gasteiger partial charge is 0.469 e. The standard InChI is InChI=1S/C23H27N5O3S2/c1-31-21(29)15-19-22(30)24-10-12-26(19)16-28-23(32)27(11-9-17-6-3-2-4-7-17)20(25-28)14-18-8-5-13-33-18/h2-8,13,19H,9-12,14-16H2,1H3,(H,24,30)/t19-/m0/s1. The minimum absolute atomic E-state index is 0.00752. The first-order valence-electron chi connectivity index (χ1n) is 10.9. The number of carbonyl (C=O) groups is 2. The average Bonchev–Trinajstić information content (AvgIpc) is 3.43. The Hall–Kier alpha value is -2.82. The van der Waals surface area contributed by atoms with E-state index in [1.165, 1.54) is 17.6 Å². The highest BCUT2D eigenvalue weighted by molar-refractivity contribution is 7.71.